The Hall–Kier alpha value is -1.63. The zero-order chi connectivity index (χ0) is 16.6. The molecule has 24 heavy (non-hydrogen) atoms. The van der Waals surface area contributed by atoms with Gasteiger partial charge in [0.15, 0.2) is 0 Å². The molecule has 3 nitrogen and oxygen atoms in total. The van der Waals surface area contributed by atoms with Crippen molar-refractivity contribution < 1.29 is 8.42 Å². The molecule has 0 saturated carbocycles. The molecule has 1 aliphatic heterocycles. The lowest BCUT2D eigenvalue weighted by molar-refractivity contribution is 0.590. The highest BCUT2D eigenvalue weighted by atomic mass is 79.9. The Bertz CT molecular complexity index is 1290. The van der Waals surface area contributed by atoms with Gasteiger partial charge in [0, 0.05) is 30.8 Å². The molecule has 0 radical (unpaired) electrons. The van der Waals surface area contributed by atoms with Gasteiger partial charge in [-0.3, -0.25) is 0 Å². The SMILES string of the molecule is O=S1(=O)c2ccccc2-c2cc(Br)cc3c4cc(Br)ccc4n1c23. The predicted molar refractivity (Wildman–Crippen MR) is 103 cm³/mol. The number of hydrogen-bond donors (Lipinski definition) is 0. The molecule has 0 N–H and O–H groups in total. The summed E-state index contributed by atoms with van der Waals surface area (Å²) >= 11 is 7.06. The Morgan fingerprint density at radius 2 is 1.54 bits per heavy atom. The van der Waals surface area contributed by atoms with Gasteiger partial charge in [-0.05, 0) is 36.4 Å². The van der Waals surface area contributed by atoms with Gasteiger partial charge in [-0.1, -0.05) is 50.1 Å². The summed E-state index contributed by atoms with van der Waals surface area (Å²) in [4.78, 5) is 0.345. The molecule has 0 aliphatic carbocycles. The van der Waals surface area contributed by atoms with Crippen LogP contribution < -0.4 is 0 Å². The molecule has 0 bridgehead atoms. The van der Waals surface area contributed by atoms with Crippen LogP contribution in [-0.4, -0.2) is 12.4 Å². The molecule has 4 aromatic rings. The van der Waals surface area contributed by atoms with Crippen molar-refractivity contribution in [3.63, 3.8) is 0 Å². The molecule has 0 unspecified atom stereocenters. The van der Waals surface area contributed by atoms with E-state index in [4.69, 9.17) is 0 Å². The molecule has 6 heteroatoms. The summed E-state index contributed by atoms with van der Waals surface area (Å²) in [5.41, 5.74) is 3.11. The molecule has 3 aromatic carbocycles. The summed E-state index contributed by atoms with van der Waals surface area (Å²) in [6.07, 6.45) is 0. The van der Waals surface area contributed by atoms with Gasteiger partial charge in [0.1, 0.15) is 0 Å². The summed E-state index contributed by atoms with van der Waals surface area (Å²) < 4.78 is 29.9. The highest BCUT2D eigenvalue weighted by Gasteiger charge is 2.32. The van der Waals surface area contributed by atoms with Crippen molar-refractivity contribution in [2.75, 3.05) is 0 Å². The fourth-order valence-corrected chi connectivity index (χ4v) is 6.09. The quantitative estimate of drug-likeness (QED) is 0.303. The maximum absolute atomic E-state index is 13.3. The molecule has 2 heterocycles. The first-order chi connectivity index (χ1) is 11.5. The largest absolute Gasteiger partial charge is 0.269 e. The number of benzene rings is 3. The minimum absolute atomic E-state index is 0.345. The second-order valence-electron chi connectivity index (χ2n) is 5.78. The third-order valence-corrected chi connectivity index (χ3v) is 7.16. The smallest absolute Gasteiger partial charge is 0.233 e. The predicted octanol–water partition coefficient (Wildman–Crippen LogP) is 5.54. The monoisotopic (exact) mass is 461 g/mol. The number of nitrogens with zero attached hydrogens (tertiary/aromatic N) is 1. The lowest BCUT2D eigenvalue weighted by Crippen LogP contribution is -2.17. The van der Waals surface area contributed by atoms with Gasteiger partial charge in [0.25, 0.3) is 10.0 Å². The molecule has 0 spiro atoms. The van der Waals surface area contributed by atoms with Crippen LogP contribution >= 0.6 is 31.9 Å². The van der Waals surface area contributed by atoms with Crippen LogP contribution in [0.5, 0.6) is 0 Å². The minimum atomic E-state index is -3.63. The second-order valence-corrected chi connectivity index (χ2v) is 9.36. The molecular weight excluding hydrogens is 454 g/mol. The summed E-state index contributed by atoms with van der Waals surface area (Å²) in [6, 6.07) is 16.8. The standard InChI is InChI=1S/C18H9Br2NO2S/c19-10-5-6-16-13(7-10)15-9-11(20)8-14-12-3-1-2-4-17(12)24(22,23)21(16)18(14)15/h1-9H. The van der Waals surface area contributed by atoms with E-state index < -0.39 is 10.0 Å². The number of halogens is 2. The van der Waals surface area contributed by atoms with Gasteiger partial charge >= 0.3 is 0 Å². The van der Waals surface area contributed by atoms with E-state index in [1.807, 2.05) is 42.5 Å². The Balaban J connectivity index is 2.17. The lowest BCUT2D eigenvalue weighted by Gasteiger charge is -2.20. The van der Waals surface area contributed by atoms with Crippen molar-refractivity contribution in [2.45, 2.75) is 4.90 Å². The number of rotatable bonds is 0. The van der Waals surface area contributed by atoms with Crippen LogP contribution in [0.3, 0.4) is 0 Å². The Kier molecular flexibility index (Phi) is 2.89. The van der Waals surface area contributed by atoms with Crippen molar-refractivity contribution in [3.8, 4) is 11.1 Å². The summed E-state index contributed by atoms with van der Waals surface area (Å²) in [6.45, 7) is 0. The van der Waals surface area contributed by atoms with Crippen LogP contribution in [0.15, 0.2) is 68.4 Å². The molecule has 0 saturated heterocycles. The minimum Gasteiger partial charge on any atom is -0.233 e. The van der Waals surface area contributed by atoms with Crippen LogP contribution in [0, 0.1) is 0 Å². The van der Waals surface area contributed by atoms with E-state index in [-0.39, 0.29) is 0 Å². The Morgan fingerprint density at radius 3 is 2.38 bits per heavy atom. The van der Waals surface area contributed by atoms with E-state index in [2.05, 4.69) is 31.9 Å². The van der Waals surface area contributed by atoms with E-state index in [1.54, 1.807) is 12.1 Å². The highest BCUT2D eigenvalue weighted by Crippen LogP contribution is 2.46. The maximum atomic E-state index is 13.3. The van der Waals surface area contributed by atoms with Gasteiger partial charge in [-0.25, -0.2) is 12.4 Å². The van der Waals surface area contributed by atoms with Crippen LogP contribution in [0.25, 0.3) is 32.9 Å². The number of fused-ring (bicyclic) bond motifs is 5. The highest BCUT2D eigenvalue weighted by molar-refractivity contribution is 9.10. The molecule has 1 aromatic heterocycles. The summed E-state index contributed by atoms with van der Waals surface area (Å²) in [5, 5.41) is 1.84. The van der Waals surface area contributed by atoms with Crippen LogP contribution in [0.1, 0.15) is 0 Å². The van der Waals surface area contributed by atoms with Gasteiger partial charge in [-0.15, -0.1) is 0 Å². The second kappa shape index (κ2) is 4.71. The van der Waals surface area contributed by atoms with Crippen molar-refractivity contribution in [3.05, 3.63) is 63.5 Å². The normalized spacial score (nSPS) is 14.9. The third-order valence-electron chi connectivity index (χ3n) is 4.44. The maximum Gasteiger partial charge on any atom is 0.269 e. The topological polar surface area (TPSA) is 39.1 Å². The van der Waals surface area contributed by atoms with Crippen LogP contribution in [0.4, 0.5) is 0 Å². The average Bonchev–Trinajstić information content (AvgIpc) is 2.88. The van der Waals surface area contributed by atoms with Gasteiger partial charge < -0.3 is 0 Å². The zero-order valence-corrected chi connectivity index (χ0v) is 16.1. The third kappa shape index (κ3) is 1.74. The van der Waals surface area contributed by atoms with Crippen molar-refractivity contribution in [1.82, 2.24) is 3.97 Å². The van der Waals surface area contributed by atoms with Crippen molar-refractivity contribution in [2.24, 2.45) is 0 Å². The van der Waals surface area contributed by atoms with Gasteiger partial charge in [0.05, 0.1) is 15.9 Å². The van der Waals surface area contributed by atoms with E-state index in [1.165, 1.54) is 3.97 Å². The number of aromatic nitrogens is 1. The van der Waals surface area contributed by atoms with Gasteiger partial charge in [0.2, 0.25) is 0 Å². The molecule has 0 amide bonds. The molecule has 0 atom stereocenters. The Morgan fingerprint density at radius 1 is 0.792 bits per heavy atom. The fourth-order valence-electron chi connectivity index (χ4n) is 3.51. The van der Waals surface area contributed by atoms with Crippen molar-refractivity contribution >= 4 is 63.7 Å². The van der Waals surface area contributed by atoms with Crippen LogP contribution in [-0.2, 0) is 10.0 Å². The van der Waals surface area contributed by atoms with Crippen molar-refractivity contribution in [1.29, 1.82) is 0 Å². The Labute approximate surface area is 155 Å². The first kappa shape index (κ1) is 14.7. The number of hydrogen-bond acceptors (Lipinski definition) is 2. The fraction of sp³-hybridized carbons (Fsp3) is 0. The van der Waals surface area contributed by atoms with E-state index >= 15 is 0 Å². The molecular formula is C18H9Br2NO2S. The lowest BCUT2D eigenvalue weighted by atomic mass is 10.0. The average molecular weight is 463 g/mol. The van der Waals surface area contributed by atoms with E-state index in [0.29, 0.717) is 10.4 Å². The first-order valence-electron chi connectivity index (χ1n) is 7.27. The summed E-state index contributed by atoms with van der Waals surface area (Å²) in [7, 11) is -3.63. The van der Waals surface area contributed by atoms with Crippen LogP contribution in [0.2, 0.25) is 0 Å². The zero-order valence-electron chi connectivity index (χ0n) is 12.1. The first-order valence-corrected chi connectivity index (χ1v) is 10.3. The van der Waals surface area contributed by atoms with E-state index in [0.717, 1.165) is 36.4 Å². The molecule has 0 fully saturated rings. The van der Waals surface area contributed by atoms with Gasteiger partial charge in [-0.2, -0.15) is 0 Å². The molecule has 1 aliphatic rings. The molecule has 5 rings (SSSR count). The van der Waals surface area contributed by atoms with E-state index in [9.17, 15) is 8.42 Å². The summed E-state index contributed by atoms with van der Waals surface area (Å²) in [5.74, 6) is 0. The molecule has 118 valence electrons.